The van der Waals surface area contributed by atoms with Gasteiger partial charge >= 0.3 is 23.9 Å². The van der Waals surface area contributed by atoms with Crippen LogP contribution in [0.5, 0.6) is 0 Å². The van der Waals surface area contributed by atoms with E-state index in [1.807, 2.05) is 0 Å². The summed E-state index contributed by atoms with van der Waals surface area (Å²) in [7, 11) is 0. The van der Waals surface area contributed by atoms with E-state index >= 15 is 0 Å². The standard InChI is InChI=1S/C9H9BrO7/c10-5-9(15)17-8(14)3-4-16-7(13)2-1-6(11)12/h1-2H,3-5H2,(H,11,12)/b2-1+. The van der Waals surface area contributed by atoms with Gasteiger partial charge in [-0.15, -0.1) is 0 Å². The van der Waals surface area contributed by atoms with Gasteiger partial charge in [-0.3, -0.25) is 9.59 Å². The summed E-state index contributed by atoms with van der Waals surface area (Å²) in [5, 5.41) is 8.08. The summed E-state index contributed by atoms with van der Waals surface area (Å²) < 4.78 is 8.72. The topological polar surface area (TPSA) is 107 Å². The van der Waals surface area contributed by atoms with Gasteiger partial charge < -0.3 is 14.6 Å². The van der Waals surface area contributed by atoms with Gasteiger partial charge in [0.15, 0.2) is 0 Å². The summed E-state index contributed by atoms with van der Waals surface area (Å²) in [6.45, 7) is -0.294. The lowest BCUT2D eigenvalue weighted by Gasteiger charge is -2.01. The second-order valence-electron chi connectivity index (χ2n) is 2.57. The monoisotopic (exact) mass is 308 g/mol. The number of alkyl halides is 1. The zero-order valence-corrected chi connectivity index (χ0v) is 10.1. The molecular formula is C9H9BrO7. The lowest BCUT2D eigenvalue weighted by molar-refractivity contribution is -0.158. The number of ether oxygens (including phenoxy) is 2. The minimum atomic E-state index is -1.29. The van der Waals surface area contributed by atoms with Gasteiger partial charge in [0, 0.05) is 12.2 Å². The largest absolute Gasteiger partial charge is 0.478 e. The average Bonchev–Trinajstić information content (AvgIpc) is 2.26. The Morgan fingerprint density at radius 3 is 2.29 bits per heavy atom. The molecule has 94 valence electrons. The second-order valence-corrected chi connectivity index (χ2v) is 3.13. The van der Waals surface area contributed by atoms with Crippen LogP contribution >= 0.6 is 15.9 Å². The van der Waals surface area contributed by atoms with E-state index in [9.17, 15) is 19.2 Å². The van der Waals surface area contributed by atoms with Crippen molar-refractivity contribution in [2.24, 2.45) is 0 Å². The van der Waals surface area contributed by atoms with E-state index in [-0.39, 0.29) is 18.4 Å². The van der Waals surface area contributed by atoms with Crippen molar-refractivity contribution < 1.29 is 33.8 Å². The normalized spacial score (nSPS) is 9.94. The van der Waals surface area contributed by atoms with Gasteiger partial charge in [0.25, 0.3) is 0 Å². The molecule has 0 unspecified atom stereocenters. The third kappa shape index (κ3) is 9.24. The number of carboxylic acid groups (broad SMARTS) is 1. The highest BCUT2D eigenvalue weighted by Gasteiger charge is 2.09. The molecule has 17 heavy (non-hydrogen) atoms. The maximum Gasteiger partial charge on any atom is 0.331 e. The Bertz CT molecular complexity index is 347. The Labute approximate surface area is 105 Å². The molecule has 1 N–H and O–H groups in total. The maximum absolute atomic E-state index is 10.9. The highest BCUT2D eigenvalue weighted by atomic mass is 79.9. The third-order valence-electron chi connectivity index (χ3n) is 1.25. The summed E-state index contributed by atoms with van der Waals surface area (Å²) >= 11 is 2.79. The first-order valence-corrected chi connectivity index (χ1v) is 5.45. The van der Waals surface area contributed by atoms with Crippen molar-refractivity contribution in [3.05, 3.63) is 12.2 Å². The molecule has 0 aliphatic heterocycles. The first kappa shape index (κ1) is 15.3. The second kappa shape index (κ2) is 8.45. The zero-order chi connectivity index (χ0) is 13.3. The molecule has 0 spiro atoms. The van der Waals surface area contributed by atoms with Crippen molar-refractivity contribution in [3.8, 4) is 0 Å². The van der Waals surface area contributed by atoms with E-state index in [0.29, 0.717) is 12.2 Å². The van der Waals surface area contributed by atoms with Crippen molar-refractivity contribution in [3.63, 3.8) is 0 Å². The van der Waals surface area contributed by atoms with Gasteiger partial charge in [-0.2, -0.15) is 0 Å². The maximum atomic E-state index is 10.9. The van der Waals surface area contributed by atoms with Crippen molar-refractivity contribution in [2.45, 2.75) is 6.42 Å². The number of hydrogen-bond donors (Lipinski definition) is 1. The molecule has 0 radical (unpaired) electrons. The SMILES string of the molecule is O=C(O)/C=C/C(=O)OCCC(=O)OC(=O)CBr. The Morgan fingerprint density at radius 2 is 1.76 bits per heavy atom. The number of carboxylic acids is 1. The number of esters is 3. The molecule has 0 rings (SSSR count). The van der Waals surface area contributed by atoms with E-state index in [4.69, 9.17) is 5.11 Å². The summed E-state index contributed by atoms with van der Waals surface area (Å²) in [5.41, 5.74) is 0. The Kier molecular flexibility index (Phi) is 7.61. The van der Waals surface area contributed by atoms with Crippen LogP contribution in [0.3, 0.4) is 0 Å². The molecule has 0 atom stereocenters. The van der Waals surface area contributed by atoms with E-state index in [1.54, 1.807) is 0 Å². The molecule has 0 aromatic carbocycles. The van der Waals surface area contributed by atoms with Crippen LogP contribution in [0.1, 0.15) is 6.42 Å². The first-order valence-electron chi connectivity index (χ1n) is 4.33. The smallest absolute Gasteiger partial charge is 0.331 e. The Balaban J connectivity index is 3.77. The molecule has 0 aromatic rings. The van der Waals surface area contributed by atoms with E-state index < -0.39 is 23.9 Å². The summed E-state index contributed by atoms with van der Waals surface area (Å²) in [6.07, 6.45) is 1.03. The van der Waals surface area contributed by atoms with E-state index in [2.05, 4.69) is 25.4 Å². The quantitative estimate of drug-likeness (QED) is 0.319. The minimum Gasteiger partial charge on any atom is -0.478 e. The highest BCUT2D eigenvalue weighted by molar-refractivity contribution is 9.09. The Morgan fingerprint density at radius 1 is 1.12 bits per heavy atom. The molecule has 0 saturated carbocycles. The molecular weight excluding hydrogens is 300 g/mol. The molecule has 0 heterocycles. The average molecular weight is 309 g/mol. The van der Waals surface area contributed by atoms with Gasteiger partial charge in [0.1, 0.15) is 11.9 Å². The van der Waals surface area contributed by atoms with Crippen LogP contribution in [0.15, 0.2) is 12.2 Å². The number of rotatable bonds is 6. The summed E-state index contributed by atoms with van der Waals surface area (Å²) in [4.78, 5) is 42.4. The molecule has 0 bridgehead atoms. The number of carbonyl (C=O) groups is 4. The van der Waals surface area contributed by atoms with Crippen LogP contribution in [0, 0.1) is 0 Å². The minimum absolute atomic E-state index is 0.111. The van der Waals surface area contributed by atoms with Crippen LogP contribution in [-0.4, -0.2) is 40.9 Å². The van der Waals surface area contributed by atoms with Crippen LogP contribution < -0.4 is 0 Å². The molecule has 0 aliphatic carbocycles. The molecule has 0 amide bonds. The predicted octanol–water partition coefficient (Wildman–Crippen LogP) is 0.0252. The number of carbonyl (C=O) groups excluding carboxylic acids is 3. The van der Waals surface area contributed by atoms with Gasteiger partial charge in [0.05, 0.1) is 6.42 Å². The predicted molar refractivity (Wildman–Crippen MR) is 57.2 cm³/mol. The lowest BCUT2D eigenvalue weighted by Crippen LogP contribution is -2.15. The van der Waals surface area contributed by atoms with Crippen molar-refractivity contribution in [2.75, 3.05) is 11.9 Å². The Hall–Kier alpha value is -1.70. The number of aliphatic carboxylic acids is 1. The fraction of sp³-hybridized carbons (Fsp3) is 0.333. The van der Waals surface area contributed by atoms with Crippen LogP contribution in [-0.2, 0) is 28.7 Å². The fourth-order valence-electron chi connectivity index (χ4n) is 0.628. The lowest BCUT2D eigenvalue weighted by atomic mass is 10.4. The highest BCUT2D eigenvalue weighted by Crippen LogP contribution is 1.93. The van der Waals surface area contributed by atoms with Gasteiger partial charge in [0.2, 0.25) is 0 Å². The molecule has 8 heteroatoms. The zero-order valence-electron chi connectivity index (χ0n) is 8.55. The number of hydrogen-bond acceptors (Lipinski definition) is 6. The van der Waals surface area contributed by atoms with Gasteiger partial charge in [-0.1, -0.05) is 15.9 Å². The molecule has 0 fully saturated rings. The summed E-state index contributed by atoms with van der Waals surface area (Å²) in [5.74, 6) is -3.76. The van der Waals surface area contributed by atoms with Crippen LogP contribution in [0.2, 0.25) is 0 Å². The van der Waals surface area contributed by atoms with Crippen molar-refractivity contribution in [1.82, 2.24) is 0 Å². The molecule has 7 nitrogen and oxygen atoms in total. The van der Waals surface area contributed by atoms with Crippen molar-refractivity contribution >= 4 is 39.8 Å². The van der Waals surface area contributed by atoms with Gasteiger partial charge in [-0.25, -0.2) is 9.59 Å². The van der Waals surface area contributed by atoms with Crippen LogP contribution in [0.25, 0.3) is 0 Å². The van der Waals surface area contributed by atoms with E-state index in [0.717, 1.165) is 0 Å². The third-order valence-corrected chi connectivity index (χ3v) is 1.71. The van der Waals surface area contributed by atoms with Crippen molar-refractivity contribution in [1.29, 1.82) is 0 Å². The first-order chi connectivity index (χ1) is 7.95. The van der Waals surface area contributed by atoms with E-state index in [1.165, 1.54) is 0 Å². The van der Waals surface area contributed by atoms with Gasteiger partial charge in [-0.05, 0) is 0 Å². The summed E-state index contributed by atoms with van der Waals surface area (Å²) in [6, 6.07) is 0. The molecule has 0 saturated heterocycles. The molecule has 0 aliphatic rings. The van der Waals surface area contributed by atoms with Crippen LogP contribution in [0.4, 0.5) is 0 Å². The number of halogens is 1. The fourth-order valence-corrected chi connectivity index (χ4v) is 0.742. The molecule has 0 aromatic heterocycles.